The van der Waals surface area contributed by atoms with Crippen molar-refractivity contribution >= 4 is 23.7 Å². The molecule has 4 rings (SSSR count). The van der Waals surface area contributed by atoms with Gasteiger partial charge in [-0.1, -0.05) is 72.3 Å². The number of amides is 1. The second-order valence-electron chi connectivity index (χ2n) is 7.89. The molecule has 1 amide bonds. The first-order valence-corrected chi connectivity index (χ1v) is 10.4. The lowest BCUT2D eigenvalue weighted by Crippen LogP contribution is -2.54. The van der Waals surface area contributed by atoms with Gasteiger partial charge in [0.2, 0.25) is 0 Å². The van der Waals surface area contributed by atoms with Crippen molar-refractivity contribution in [2.75, 3.05) is 6.61 Å². The number of nitrogens with one attached hydrogen (secondary N) is 1. The van der Waals surface area contributed by atoms with Gasteiger partial charge in [0, 0.05) is 17.4 Å². The van der Waals surface area contributed by atoms with Gasteiger partial charge in [-0.3, -0.25) is 0 Å². The molecule has 1 atom stereocenters. The lowest BCUT2D eigenvalue weighted by atomic mass is 9.93. The van der Waals surface area contributed by atoms with Crippen molar-refractivity contribution in [1.29, 1.82) is 0 Å². The van der Waals surface area contributed by atoms with Crippen LogP contribution in [0.3, 0.4) is 0 Å². The standard InChI is InChI=1S/C25H22ClNO4/c1-25(23(28)29,14-16-7-6-8-17(26)13-16)27-24(30)31-15-22-20-11-4-2-9-18(20)19-10-3-5-12-21(19)22/h2-13,22H,14-15H2,1H3,(H,27,30)(H,28,29). The Morgan fingerprint density at radius 1 is 1.00 bits per heavy atom. The Bertz CT molecular complexity index is 1100. The van der Waals surface area contributed by atoms with E-state index in [0.29, 0.717) is 10.6 Å². The van der Waals surface area contributed by atoms with E-state index < -0.39 is 17.6 Å². The minimum absolute atomic E-state index is 0.0765. The first-order chi connectivity index (χ1) is 14.9. The fourth-order valence-electron chi connectivity index (χ4n) is 4.09. The van der Waals surface area contributed by atoms with Crippen LogP contribution in [0.4, 0.5) is 4.79 Å². The molecule has 1 aliphatic carbocycles. The van der Waals surface area contributed by atoms with Crippen LogP contribution in [0.15, 0.2) is 72.8 Å². The van der Waals surface area contributed by atoms with Crippen LogP contribution in [-0.4, -0.2) is 29.3 Å². The Labute approximate surface area is 185 Å². The average Bonchev–Trinajstić information content (AvgIpc) is 3.06. The molecule has 0 bridgehead atoms. The van der Waals surface area contributed by atoms with E-state index in [1.807, 2.05) is 36.4 Å². The quantitative estimate of drug-likeness (QED) is 0.553. The summed E-state index contributed by atoms with van der Waals surface area (Å²) in [6.45, 7) is 1.57. The molecule has 0 aromatic heterocycles. The van der Waals surface area contributed by atoms with Crippen molar-refractivity contribution in [3.05, 3.63) is 94.5 Å². The molecular formula is C25H22ClNO4. The van der Waals surface area contributed by atoms with Crippen molar-refractivity contribution in [2.45, 2.75) is 24.8 Å². The van der Waals surface area contributed by atoms with Crippen LogP contribution >= 0.6 is 11.6 Å². The number of carboxylic acids is 1. The van der Waals surface area contributed by atoms with Gasteiger partial charge in [-0.25, -0.2) is 9.59 Å². The van der Waals surface area contributed by atoms with Crippen molar-refractivity contribution < 1.29 is 19.4 Å². The number of benzene rings is 3. The maximum absolute atomic E-state index is 12.6. The number of rotatable bonds is 6. The summed E-state index contributed by atoms with van der Waals surface area (Å²) in [5, 5.41) is 12.8. The van der Waals surface area contributed by atoms with E-state index in [-0.39, 0.29) is 18.9 Å². The predicted molar refractivity (Wildman–Crippen MR) is 119 cm³/mol. The van der Waals surface area contributed by atoms with Gasteiger partial charge < -0.3 is 15.2 Å². The fourth-order valence-corrected chi connectivity index (χ4v) is 4.30. The highest BCUT2D eigenvalue weighted by Gasteiger charge is 2.36. The van der Waals surface area contributed by atoms with Gasteiger partial charge in [-0.2, -0.15) is 0 Å². The predicted octanol–water partition coefficient (Wildman–Crippen LogP) is 5.26. The largest absolute Gasteiger partial charge is 0.480 e. The highest BCUT2D eigenvalue weighted by molar-refractivity contribution is 6.30. The molecule has 1 aliphatic rings. The van der Waals surface area contributed by atoms with Gasteiger partial charge in [-0.15, -0.1) is 0 Å². The Kier molecular flexibility index (Phi) is 5.70. The lowest BCUT2D eigenvalue weighted by Gasteiger charge is -2.26. The Hall–Kier alpha value is -3.31. The van der Waals surface area contributed by atoms with Crippen LogP contribution in [0, 0.1) is 0 Å². The molecule has 1 unspecified atom stereocenters. The molecule has 0 spiro atoms. The number of carbonyl (C=O) groups excluding carboxylic acids is 1. The summed E-state index contributed by atoms with van der Waals surface area (Å²) in [5.74, 6) is -1.25. The smallest absolute Gasteiger partial charge is 0.408 e. The summed E-state index contributed by atoms with van der Waals surface area (Å²) in [5.41, 5.74) is 3.61. The topological polar surface area (TPSA) is 75.6 Å². The van der Waals surface area contributed by atoms with Crippen LogP contribution in [0.2, 0.25) is 5.02 Å². The summed E-state index contributed by atoms with van der Waals surface area (Å²) < 4.78 is 5.51. The van der Waals surface area contributed by atoms with Gasteiger partial charge in [0.1, 0.15) is 12.1 Å². The summed E-state index contributed by atoms with van der Waals surface area (Å²) in [6, 6.07) is 23.0. The second-order valence-corrected chi connectivity index (χ2v) is 8.33. The van der Waals surface area contributed by atoms with Crippen molar-refractivity contribution in [1.82, 2.24) is 5.32 Å². The fraction of sp³-hybridized carbons (Fsp3) is 0.200. The van der Waals surface area contributed by atoms with Crippen LogP contribution < -0.4 is 5.32 Å². The van der Waals surface area contributed by atoms with E-state index in [9.17, 15) is 14.7 Å². The SMILES string of the molecule is CC(Cc1cccc(Cl)c1)(NC(=O)OCC1c2ccccc2-c2ccccc21)C(=O)O. The third-order valence-electron chi connectivity index (χ3n) is 5.64. The summed E-state index contributed by atoms with van der Waals surface area (Å²) in [7, 11) is 0. The molecule has 0 radical (unpaired) electrons. The monoisotopic (exact) mass is 435 g/mol. The number of hydrogen-bond donors (Lipinski definition) is 2. The number of carboxylic acid groups (broad SMARTS) is 1. The first kappa shape index (κ1) is 20.9. The molecule has 3 aromatic rings. The number of halogens is 1. The van der Waals surface area contributed by atoms with E-state index in [1.165, 1.54) is 6.92 Å². The highest BCUT2D eigenvalue weighted by atomic mass is 35.5. The summed E-state index contributed by atoms with van der Waals surface area (Å²) in [6.07, 6.45) is -0.693. The molecule has 158 valence electrons. The number of ether oxygens (including phenoxy) is 1. The molecule has 0 aliphatic heterocycles. The van der Waals surface area contributed by atoms with Crippen molar-refractivity contribution in [3.63, 3.8) is 0 Å². The molecule has 3 aromatic carbocycles. The number of carbonyl (C=O) groups is 2. The summed E-state index contributed by atoms with van der Waals surface area (Å²) >= 11 is 6.00. The molecule has 0 heterocycles. The number of alkyl carbamates (subject to hydrolysis) is 1. The molecule has 6 heteroatoms. The van der Waals surface area contributed by atoms with Gasteiger partial charge in [0.25, 0.3) is 0 Å². The zero-order chi connectivity index (χ0) is 22.0. The zero-order valence-electron chi connectivity index (χ0n) is 17.0. The Morgan fingerprint density at radius 3 is 2.19 bits per heavy atom. The molecule has 5 nitrogen and oxygen atoms in total. The van der Waals surface area contributed by atoms with Crippen LogP contribution in [0.5, 0.6) is 0 Å². The third-order valence-corrected chi connectivity index (χ3v) is 5.88. The normalized spacial score (nSPS) is 14.3. The van der Waals surface area contributed by atoms with Gasteiger partial charge >= 0.3 is 12.1 Å². The lowest BCUT2D eigenvalue weighted by molar-refractivity contribution is -0.143. The molecule has 0 fully saturated rings. The molecule has 31 heavy (non-hydrogen) atoms. The Balaban J connectivity index is 1.47. The average molecular weight is 436 g/mol. The molecular weight excluding hydrogens is 414 g/mol. The van der Waals surface area contributed by atoms with E-state index >= 15 is 0 Å². The highest BCUT2D eigenvalue weighted by Crippen LogP contribution is 2.44. The first-order valence-electron chi connectivity index (χ1n) is 9.98. The number of hydrogen-bond acceptors (Lipinski definition) is 3. The van der Waals surface area contributed by atoms with Gasteiger partial charge in [0.15, 0.2) is 0 Å². The maximum atomic E-state index is 12.6. The maximum Gasteiger partial charge on any atom is 0.408 e. The minimum atomic E-state index is -1.53. The van der Waals surface area contributed by atoms with Crippen LogP contribution in [0.1, 0.15) is 29.5 Å². The molecule has 2 N–H and O–H groups in total. The van der Waals surface area contributed by atoms with Crippen molar-refractivity contribution in [3.8, 4) is 11.1 Å². The van der Waals surface area contributed by atoms with E-state index in [0.717, 1.165) is 22.3 Å². The Morgan fingerprint density at radius 2 is 1.61 bits per heavy atom. The van der Waals surface area contributed by atoms with Crippen molar-refractivity contribution in [2.24, 2.45) is 0 Å². The van der Waals surface area contributed by atoms with Crippen LogP contribution in [-0.2, 0) is 16.0 Å². The van der Waals surface area contributed by atoms with E-state index in [4.69, 9.17) is 16.3 Å². The number of aliphatic carboxylic acids is 1. The second kappa shape index (κ2) is 8.44. The zero-order valence-corrected chi connectivity index (χ0v) is 17.7. The van der Waals surface area contributed by atoms with E-state index in [2.05, 4.69) is 17.4 Å². The van der Waals surface area contributed by atoms with Gasteiger partial charge in [-0.05, 0) is 46.9 Å². The summed E-state index contributed by atoms with van der Waals surface area (Å²) in [4.78, 5) is 24.5. The van der Waals surface area contributed by atoms with Crippen LogP contribution in [0.25, 0.3) is 11.1 Å². The minimum Gasteiger partial charge on any atom is -0.480 e. The molecule has 0 saturated carbocycles. The van der Waals surface area contributed by atoms with E-state index in [1.54, 1.807) is 24.3 Å². The van der Waals surface area contributed by atoms with Gasteiger partial charge in [0.05, 0.1) is 0 Å². The third kappa shape index (κ3) is 4.28. The molecule has 0 saturated heterocycles. The number of fused-ring (bicyclic) bond motifs is 3.